The predicted molar refractivity (Wildman–Crippen MR) is 137 cm³/mol. The van der Waals surface area contributed by atoms with Crippen molar-refractivity contribution in [2.75, 3.05) is 85.1 Å². The molecule has 2 bridgehead atoms. The fourth-order valence-corrected chi connectivity index (χ4v) is 4.70. The minimum atomic E-state index is -0.204. The van der Waals surface area contributed by atoms with Crippen molar-refractivity contribution >= 4 is 0 Å². The van der Waals surface area contributed by atoms with Gasteiger partial charge in [0.1, 0.15) is 5.60 Å². The summed E-state index contributed by atoms with van der Waals surface area (Å²) >= 11 is 0. The molecule has 0 spiro atoms. The molecule has 0 aromatic carbocycles. The van der Waals surface area contributed by atoms with Crippen LogP contribution in [0.3, 0.4) is 0 Å². The van der Waals surface area contributed by atoms with Crippen LogP contribution >= 0.6 is 0 Å². The Bertz CT molecular complexity index is 413. The summed E-state index contributed by atoms with van der Waals surface area (Å²) < 4.78 is 6.63. The molecular formula is C25H54CoN6O+3. The van der Waals surface area contributed by atoms with Crippen molar-refractivity contribution in [2.45, 2.75) is 70.8 Å². The largest absolute Gasteiger partial charge is 3.00 e. The summed E-state index contributed by atoms with van der Waals surface area (Å²) in [6, 6.07) is 0. The first-order valence-electron chi connectivity index (χ1n) is 13.6. The maximum atomic E-state index is 6.63. The van der Waals surface area contributed by atoms with Crippen molar-refractivity contribution in [1.29, 1.82) is 0 Å². The van der Waals surface area contributed by atoms with E-state index in [4.69, 9.17) is 4.74 Å². The van der Waals surface area contributed by atoms with E-state index in [9.17, 15) is 0 Å². The molecule has 0 unspecified atom stereocenters. The minimum absolute atomic E-state index is 0. The molecule has 196 valence electrons. The molecule has 0 aromatic heterocycles. The van der Waals surface area contributed by atoms with Gasteiger partial charge in [-0.15, -0.1) is 0 Å². The molecule has 3 fully saturated rings. The molecule has 0 aromatic rings. The normalized spacial score (nSPS) is 28.5. The van der Waals surface area contributed by atoms with Gasteiger partial charge in [0, 0.05) is 90.6 Å². The van der Waals surface area contributed by atoms with E-state index in [0.717, 1.165) is 85.1 Å². The Morgan fingerprint density at radius 1 is 0.545 bits per heavy atom. The third kappa shape index (κ3) is 14.4. The number of nitrogens with one attached hydrogen (secondary N) is 6. The fraction of sp³-hybridized carbons (Fsp3) is 1.00. The van der Waals surface area contributed by atoms with Crippen LogP contribution in [0.2, 0.25) is 0 Å². The van der Waals surface area contributed by atoms with Crippen molar-refractivity contribution in [2.24, 2.45) is 5.41 Å². The molecule has 3 heterocycles. The van der Waals surface area contributed by atoms with Crippen LogP contribution in [-0.2, 0) is 21.5 Å². The van der Waals surface area contributed by atoms with Gasteiger partial charge in [-0.3, -0.25) is 0 Å². The van der Waals surface area contributed by atoms with Gasteiger partial charge in [-0.25, -0.2) is 0 Å². The van der Waals surface area contributed by atoms with Crippen molar-refractivity contribution in [3.8, 4) is 0 Å². The van der Waals surface area contributed by atoms with Crippen LogP contribution in [0.1, 0.15) is 65.2 Å². The zero-order valence-electron chi connectivity index (χ0n) is 21.6. The number of rotatable bonds is 10. The van der Waals surface area contributed by atoms with E-state index < -0.39 is 0 Å². The van der Waals surface area contributed by atoms with Gasteiger partial charge in [-0.05, 0) is 6.42 Å². The van der Waals surface area contributed by atoms with Gasteiger partial charge in [-0.1, -0.05) is 58.8 Å². The Balaban J connectivity index is 0.00000544. The van der Waals surface area contributed by atoms with Crippen molar-refractivity contribution in [3.63, 3.8) is 0 Å². The zero-order valence-corrected chi connectivity index (χ0v) is 22.6. The Morgan fingerprint density at radius 2 is 0.909 bits per heavy atom. The van der Waals surface area contributed by atoms with Crippen molar-refractivity contribution in [1.82, 2.24) is 31.9 Å². The molecule has 0 amide bonds. The molecule has 3 rings (SSSR count). The van der Waals surface area contributed by atoms with E-state index in [2.05, 4.69) is 45.7 Å². The summed E-state index contributed by atoms with van der Waals surface area (Å²) in [5.41, 5.74) is 0.0149. The van der Waals surface area contributed by atoms with Crippen LogP contribution in [-0.4, -0.2) is 90.7 Å². The SMILES string of the molecule is CCCCCCCCCCOC12CNCCNCC(C)(CNCCNC1)CNCCNC2.[Co+3]. The van der Waals surface area contributed by atoms with E-state index in [-0.39, 0.29) is 27.8 Å². The second-order valence-electron chi connectivity index (χ2n) is 10.4. The molecule has 6 N–H and O–H groups in total. The standard InChI is InChI=1S/C25H54N6O.Co/c1-3-4-5-6-7-8-9-10-17-32-25-21-29-14-11-26-18-24(2,19-27-12-15-30-22-25)20-28-13-16-31-23-25;/h26-31H,3-23H2,1-2H3;/q;+3. The van der Waals surface area contributed by atoms with Crippen LogP contribution in [0, 0.1) is 5.41 Å². The number of unbranched alkanes of at least 4 members (excludes halogenated alkanes) is 7. The van der Waals surface area contributed by atoms with E-state index in [1.165, 1.54) is 51.4 Å². The van der Waals surface area contributed by atoms with Crippen LogP contribution in [0.4, 0.5) is 0 Å². The van der Waals surface area contributed by atoms with Crippen LogP contribution in [0.25, 0.3) is 0 Å². The van der Waals surface area contributed by atoms with Crippen molar-refractivity contribution in [3.05, 3.63) is 0 Å². The summed E-state index contributed by atoms with van der Waals surface area (Å²) in [5.74, 6) is 0. The average Bonchev–Trinajstić information content (AvgIpc) is 2.79. The molecule has 3 aliphatic heterocycles. The van der Waals surface area contributed by atoms with Gasteiger partial charge in [0.15, 0.2) is 0 Å². The Labute approximate surface area is 214 Å². The fourth-order valence-electron chi connectivity index (χ4n) is 4.70. The Morgan fingerprint density at radius 3 is 1.33 bits per heavy atom. The number of hydrogen-bond donors (Lipinski definition) is 6. The van der Waals surface area contributed by atoms with Gasteiger partial charge in [0.25, 0.3) is 0 Å². The van der Waals surface area contributed by atoms with E-state index in [1.807, 2.05) is 0 Å². The molecule has 0 radical (unpaired) electrons. The van der Waals surface area contributed by atoms with E-state index in [0.29, 0.717) is 0 Å². The topological polar surface area (TPSA) is 81.4 Å². The maximum absolute atomic E-state index is 6.63. The average molecular weight is 514 g/mol. The summed E-state index contributed by atoms with van der Waals surface area (Å²) in [6.07, 6.45) is 10.7. The second kappa shape index (κ2) is 19.4. The van der Waals surface area contributed by atoms with Crippen LogP contribution in [0.15, 0.2) is 0 Å². The second-order valence-corrected chi connectivity index (χ2v) is 10.4. The molecule has 0 saturated carbocycles. The Hall–Kier alpha value is 0.226. The summed E-state index contributed by atoms with van der Waals surface area (Å²) in [6.45, 7) is 17.1. The summed E-state index contributed by atoms with van der Waals surface area (Å²) in [4.78, 5) is 0. The number of fused-ring (bicyclic) bond motifs is 15. The molecule has 0 aliphatic carbocycles. The van der Waals surface area contributed by atoms with Gasteiger partial charge < -0.3 is 36.6 Å². The third-order valence-electron chi connectivity index (χ3n) is 6.84. The van der Waals surface area contributed by atoms with E-state index in [1.54, 1.807) is 0 Å². The first kappa shape index (κ1) is 31.3. The monoisotopic (exact) mass is 513 g/mol. The third-order valence-corrected chi connectivity index (χ3v) is 6.84. The van der Waals surface area contributed by atoms with Gasteiger partial charge >= 0.3 is 16.8 Å². The number of ether oxygens (including phenoxy) is 1. The molecule has 33 heavy (non-hydrogen) atoms. The smallest absolute Gasteiger partial charge is 0.371 e. The van der Waals surface area contributed by atoms with Crippen LogP contribution < -0.4 is 31.9 Å². The maximum Gasteiger partial charge on any atom is 3.00 e. The summed E-state index contributed by atoms with van der Waals surface area (Å²) in [7, 11) is 0. The minimum Gasteiger partial charge on any atom is -0.371 e. The van der Waals surface area contributed by atoms with Gasteiger partial charge in [0.2, 0.25) is 0 Å². The van der Waals surface area contributed by atoms with Crippen LogP contribution in [0.5, 0.6) is 0 Å². The Kier molecular flexibility index (Phi) is 18.4. The zero-order chi connectivity index (χ0) is 22.8. The molecule has 3 saturated heterocycles. The molecule has 7 nitrogen and oxygen atoms in total. The van der Waals surface area contributed by atoms with Crippen molar-refractivity contribution < 1.29 is 21.5 Å². The first-order valence-corrected chi connectivity index (χ1v) is 13.6. The molecule has 0 atom stereocenters. The first-order chi connectivity index (χ1) is 15.7. The quantitative estimate of drug-likeness (QED) is 0.247. The summed E-state index contributed by atoms with van der Waals surface area (Å²) in [5, 5.41) is 22.1. The molecule has 8 heteroatoms. The predicted octanol–water partition coefficient (Wildman–Crippen LogP) is 1.45. The van der Waals surface area contributed by atoms with Gasteiger partial charge in [-0.2, -0.15) is 0 Å². The van der Waals surface area contributed by atoms with Gasteiger partial charge in [0.05, 0.1) is 0 Å². The number of hydrogen-bond acceptors (Lipinski definition) is 7. The molecular weight excluding hydrogens is 459 g/mol. The molecule has 3 aliphatic rings. The van der Waals surface area contributed by atoms with E-state index >= 15 is 0 Å².